The topological polar surface area (TPSA) is 94.5 Å². The lowest BCUT2D eigenvalue weighted by Gasteiger charge is -2.29. The van der Waals surface area contributed by atoms with Crippen LogP contribution in [0.4, 0.5) is 4.39 Å². The van der Waals surface area contributed by atoms with Crippen molar-refractivity contribution in [1.29, 1.82) is 0 Å². The highest BCUT2D eigenvalue weighted by atomic mass is 19.1. The zero-order chi connectivity index (χ0) is 23.5. The largest absolute Gasteiger partial charge is 0.483 e. The number of H-pyrrole nitrogens is 1. The van der Waals surface area contributed by atoms with Gasteiger partial charge in [-0.25, -0.2) is 4.39 Å². The smallest absolute Gasteiger partial charge is 0.290 e. The van der Waals surface area contributed by atoms with Gasteiger partial charge in [-0.1, -0.05) is 12.1 Å². The molecule has 5 rings (SSSR count). The normalized spacial score (nSPS) is 22.0. The van der Waals surface area contributed by atoms with Gasteiger partial charge >= 0.3 is 0 Å². The molecule has 1 amide bonds. The van der Waals surface area contributed by atoms with Crippen LogP contribution in [-0.4, -0.2) is 61.7 Å². The summed E-state index contributed by atoms with van der Waals surface area (Å²) in [6.07, 6.45) is 3.70. The number of nitrogens with zero attached hydrogens (tertiary/aromatic N) is 4. The Morgan fingerprint density at radius 2 is 2.06 bits per heavy atom. The Bertz CT molecular complexity index is 1110. The van der Waals surface area contributed by atoms with E-state index in [1.165, 1.54) is 17.3 Å². The minimum absolute atomic E-state index is 0.0154. The molecule has 0 bridgehead atoms. The fourth-order valence-corrected chi connectivity index (χ4v) is 5.15. The van der Waals surface area contributed by atoms with Gasteiger partial charge in [0, 0.05) is 56.6 Å². The van der Waals surface area contributed by atoms with Crippen LogP contribution in [0.15, 0.2) is 48.8 Å². The molecule has 2 aromatic heterocycles. The summed E-state index contributed by atoms with van der Waals surface area (Å²) in [7, 11) is 1.96. The summed E-state index contributed by atoms with van der Waals surface area (Å²) in [6, 6.07) is 10.2. The molecule has 0 spiro atoms. The summed E-state index contributed by atoms with van der Waals surface area (Å²) < 4.78 is 15.9. The number of hydrogen-bond donors (Lipinski definition) is 2. The molecular formula is C24H28FN5O3. The average Bonchev–Trinajstić information content (AvgIpc) is 3.56. The fourth-order valence-electron chi connectivity index (χ4n) is 5.15. The van der Waals surface area contributed by atoms with Crippen molar-refractivity contribution in [2.75, 3.05) is 19.6 Å². The maximum Gasteiger partial charge on any atom is 0.290 e. The van der Waals surface area contributed by atoms with Crippen molar-refractivity contribution in [2.45, 2.75) is 19.5 Å². The van der Waals surface area contributed by atoms with E-state index in [0.29, 0.717) is 18.2 Å². The van der Waals surface area contributed by atoms with Gasteiger partial charge in [0.25, 0.3) is 12.4 Å². The number of carboxylic acid groups (broad SMARTS) is 1. The Labute approximate surface area is 191 Å². The van der Waals surface area contributed by atoms with Crippen molar-refractivity contribution in [3.8, 4) is 0 Å². The van der Waals surface area contributed by atoms with Crippen molar-refractivity contribution < 1.29 is 19.1 Å². The van der Waals surface area contributed by atoms with E-state index in [4.69, 9.17) is 9.90 Å². The summed E-state index contributed by atoms with van der Waals surface area (Å²) in [5.41, 5.74) is 3.87. The number of benzene rings is 1. The fraction of sp³-hybridized carbons (Fsp3) is 0.375. The van der Waals surface area contributed by atoms with Crippen LogP contribution < -0.4 is 0 Å². The Morgan fingerprint density at radius 3 is 2.70 bits per heavy atom. The molecule has 3 atom stereocenters. The van der Waals surface area contributed by atoms with Crippen LogP contribution in [0, 0.1) is 24.6 Å². The molecule has 33 heavy (non-hydrogen) atoms. The molecule has 4 heterocycles. The maximum absolute atomic E-state index is 14.0. The number of halogens is 1. The molecule has 1 aromatic carbocycles. The zero-order valence-electron chi connectivity index (χ0n) is 18.7. The summed E-state index contributed by atoms with van der Waals surface area (Å²) in [4.78, 5) is 29.0. The first-order valence-electron chi connectivity index (χ1n) is 10.9. The lowest BCUT2D eigenvalue weighted by atomic mass is 9.89. The zero-order valence-corrected chi connectivity index (χ0v) is 18.7. The van der Waals surface area contributed by atoms with Crippen LogP contribution in [0.2, 0.25) is 0 Å². The van der Waals surface area contributed by atoms with E-state index in [9.17, 15) is 9.18 Å². The number of hydrogen-bond acceptors (Lipinski definition) is 4. The Kier molecular flexibility index (Phi) is 6.60. The van der Waals surface area contributed by atoms with Gasteiger partial charge in [-0.05, 0) is 42.7 Å². The maximum atomic E-state index is 14.0. The molecule has 2 aliphatic heterocycles. The summed E-state index contributed by atoms with van der Waals surface area (Å²) >= 11 is 0. The highest BCUT2D eigenvalue weighted by Crippen LogP contribution is 2.46. The van der Waals surface area contributed by atoms with E-state index >= 15 is 0 Å². The number of likely N-dealkylation sites (tertiary alicyclic amines) is 2. The minimum Gasteiger partial charge on any atom is -0.483 e. The van der Waals surface area contributed by atoms with Gasteiger partial charge in [0.05, 0.1) is 12.2 Å². The number of rotatable bonds is 4. The Morgan fingerprint density at radius 1 is 1.27 bits per heavy atom. The second-order valence-corrected chi connectivity index (χ2v) is 8.64. The highest BCUT2D eigenvalue weighted by molar-refractivity contribution is 5.93. The monoisotopic (exact) mass is 453 g/mol. The van der Waals surface area contributed by atoms with Crippen molar-refractivity contribution in [2.24, 2.45) is 18.9 Å². The molecule has 2 N–H and O–H groups in total. The van der Waals surface area contributed by atoms with Crippen molar-refractivity contribution in [3.05, 3.63) is 77.1 Å². The molecule has 0 saturated carbocycles. The molecule has 9 heteroatoms. The molecule has 3 aromatic rings. The minimum atomic E-state index is -0.260. The number of aromatic nitrogens is 3. The molecule has 0 aliphatic carbocycles. The predicted octanol–water partition coefficient (Wildman–Crippen LogP) is 2.84. The van der Waals surface area contributed by atoms with Gasteiger partial charge in [-0.15, -0.1) is 0 Å². The lowest BCUT2D eigenvalue weighted by Crippen LogP contribution is -2.35. The number of carbonyl (C=O) groups excluding carboxylic acids is 1. The van der Waals surface area contributed by atoms with E-state index in [1.807, 2.05) is 35.0 Å². The van der Waals surface area contributed by atoms with E-state index in [2.05, 4.69) is 21.9 Å². The van der Waals surface area contributed by atoms with Gasteiger partial charge < -0.3 is 15.0 Å². The van der Waals surface area contributed by atoms with Gasteiger partial charge in [0.1, 0.15) is 11.5 Å². The first kappa shape index (κ1) is 22.7. The van der Waals surface area contributed by atoms with Crippen LogP contribution in [-0.2, 0) is 18.4 Å². The standard InChI is InChI=1S/C23H26FN5O.CH2O2/c1-15-17(10-26-27(15)2)11-28-12-18-13-29(23(30)21-7-4-8-25-21)22(20(18)14-28)16-5-3-6-19(24)9-16;2-1-3/h3-10,18,20,22,25H,11-14H2,1-2H3;1H,(H,2,3)/t18-,20-,22+;/m0./s1. The third kappa shape index (κ3) is 4.54. The van der Waals surface area contributed by atoms with E-state index in [-0.39, 0.29) is 30.2 Å². The summed E-state index contributed by atoms with van der Waals surface area (Å²) in [5, 5.41) is 11.2. The van der Waals surface area contributed by atoms with Gasteiger partial charge in [0.2, 0.25) is 0 Å². The van der Waals surface area contributed by atoms with E-state index < -0.39 is 0 Å². The molecule has 0 unspecified atom stereocenters. The Balaban J connectivity index is 0.000000821. The second kappa shape index (κ2) is 9.58. The van der Waals surface area contributed by atoms with Crippen molar-refractivity contribution in [1.82, 2.24) is 24.6 Å². The molecule has 0 radical (unpaired) electrons. The molecule has 2 fully saturated rings. The first-order valence-corrected chi connectivity index (χ1v) is 10.9. The third-order valence-electron chi connectivity index (χ3n) is 6.75. The SMILES string of the molecule is Cc1c(CN2C[C@H]3CN(C(=O)c4ccc[nH]4)[C@H](c4cccc(F)c4)[C@H]3C2)cnn1C.O=CO. The molecule has 174 valence electrons. The summed E-state index contributed by atoms with van der Waals surface area (Å²) in [6.45, 7) is 5.19. The van der Waals surface area contributed by atoms with Gasteiger partial charge in [-0.3, -0.25) is 19.2 Å². The average molecular weight is 454 g/mol. The third-order valence-corrected chi connectivity index (χ3v) is 6.75. The highest BCUT2D eigenvalue weighted by Gasteiger charge is 2.49. The van der Waals surface area contributed by atoms with Crippen LogP contribution in [0.1, 0.15) is 33.4 Å². The van der Waals surface area contributed by atoms with Crippen LogP contribution in [0.25, 0.3) is 0 Å². The Hall–Kier alpha value is -3.46. The van der Waals surface area contributed by atoms with E-state index in [1.54, 1.807) is 24.4 Å². The second-order valence-electron chi connectivity index (χ2n) is 8.64. The van der Waals surface area contributed by atoms with Crippen molar-refractivity contribution in [3.63, 3.8) is 0 Å². The molecule has 8 nitrogen and oxygen atoms in total. The van der Waals surface area contributed by atoms with E-state index in [0.717, 1.165) is 25.2 Å². The summed E-state index contributed by atoms with van der Waals surface area (Å²) in [5.74, 6) is 0.374. The molecular weight excluding hydrogens is 425 g/mol. The number of aromatic amines is 1. The van der Waals surface area contributed by atoms with Crippen molar-refractivity contribution >= 4 is 12.4 Å². The van der Waals surface area contributed by atoms with Gasteiger partial charge in [0.15, 0.2) is 0 Å². The number of nitrogens with one attached hydrogen (secondary N) is 1. The number of amides is 1. The molecule has 2 saturated heterocycles. The number of fused-ring (bicyclic) bond motifs is 1. The number of carbonyl (C=O) groups is 2. The first-order chi connectivity index (χ1) is 15.9. The quantitative estimate of drug-likeness (QED) is 0.593. The van der Waals surface area contributed by atoms with Crippen LogP contribution in [0.3, 0.4) is 0 Å². The lowest BCUT2D eigenvalue weighted by molar-refractivity contribution is -0.122. The van der Waals surface area contributed by atoms with Gasteiger partial charge in [-0.2, -0.15) is 5.10 Å². The predicted molar refractivity (Wildman–Crippen MR) is 120 cm³/mol. The van der Waals surface area contributed by atoms with Crippen LogP contribution in [0.5, 0.6) is 0 Å². The molecule has 2 aliphatic rings. The number of aryl methyl sites for hydroxylation is 1. The van der Waals surface area contributed by atoms with Crippen LogP contribution >= 0.6 is 0 Å².